The Bertz CT molecular complexity index is 527. The van der Waals surface area contributed by atoms with Crippen LogP contribution in [0.25, 0.3) is 10.9 Å². The first kappa shape index (κ1) is 10.2. The molecule has 0 amide bonds. The number of methoxy groups -OCH3 is 1. The minimum Gasteiger partial charge on any atom is -0.494 e. The molecule has 0 aliphatic carbocycles. The maximum Gasteiger partial charge on any atom is 0.145 e. The Morgan fingerprint density at radius 1 is 1.40 bits per heavy atom. The summed E-state index contributed by atoms with van der Waals surface area (Å²) in [6.07, 6.45) is 0. The highest BCUT2D eigenvalue weighted by Gasteiger charge is 2.11. The molecule has 0 atom stereocenters. The van der Waals surface area contributed by atoms with Crippen molar-refractivity contribution in [3.8, 4) is 5.75 Å². The standard InChI is InChI=1S/C11H9ClFNO/c1-6-5-7(12)10-8(13)3-4-9(15-2)11(10)14-6/h3-5H,1-2H3. The number of hydrogen-bond acceptors (Lipinski definition) is 2. The summed E-state index contributed by atoms with van der Waals surface area (Å²) in [6.45, 7) is 1.80. The largest absolute Gasteiger partial charge is 0.494 e. The summed E-state index contributed by atoms with van der Waals surface area (Å²) in [5.41, 5.74) is 1.19. The third-order valence-corrected chi connectivity index (χ3v) is 2.47. The minimum atomic E-state index is -0.386. The monoisotopic (exact) mass is 225 g/mol. The van der Waals surface area contributed by atoms with Crippen LogP contribution in [-0.2, 0) is 0 Å². The van der Waals surface area contributed by atoms with E-state index >= 15 is 0 Å². The molecule has 2 rings (SSSR count). The van der Waals surface area contributed by atoms with E-state index in [1.807, 2.05) is 0 Å². The molecule has 0 radical (unpaired) electrons. The van der Waals surface area contributed by atoms with E-state index in [9.17, 15) is 4.39 Å². The lowest BCUT2D eigenvalue weighted by molar-refractivity contribution is 0.418. The summed E-state index contributed by atoms with van der Waals surface area (Å²) < 4.78 is 18.6. The van der Waals surface area contributed by atoms with Crippen LogP contribution in [0, 0.1) is 12.7 Å². The predicted octanol–water partition coefficient (Wildman–Crippen LogP) is 3.34. The van der Waals surface area contributed by atoms with Gasteiger partial charge >= 0.3 is 0 Å². The van der Waals surface area contributed by atoms with Crippen LogP contribution in [0.4, 0.5) is 4.39 Å². The molecule has 78 valence electrons. The Kier molecular flexibility index (Phi) is 2.49. The van der Waals surface area contributed by atoms with Crippen molar-refractivity contribution in [2.75, 3.05) is 7.11 Å². The van der Waals surface area contributed by atoms with Crippen molar-refractivity contribution < 1.29 is 9.13 Å². The van der Waals surface area contributed by atoms with Crippen LogP contribution in [0.5, 0.6) is 5.75 Å². The Morgan fingerprint density at radius 3 is 2.80 bits per heavy atom. The second-order valence-corrected chi connectivity index (χ2v) is 3.63. The summed E-state index contributed by atoms with van der Waals surface area (Å²) in [5.74, 6) is 0.139. The van der Waals surface area contributed by atoms with Gasteiger partial charge < -0.3 is 4.74 Å². The number of aryl methyl sites for hydroxylation is 1. The minimum absolute atomic E-state index is 0.307. The molecule has 0 aliphatic heterocycles. The molecule has 15 heavy (non-hydrogen) atoms. The number of halogens is 2. The lowest BCUT2D eigenvalue weighted by Crippen LogP contribution is -1.92. The van der Waals surface area contributed by atoms with Gasteiger partial charge in [0.25, 0.3) is 0 Å². The molecule has 0 aliphatic rings. The molecule has 4 heteroatoms. The molecule has 1 aromatic carbocycles. The van der Waals surface area contributed by atoms with Gasteiger partial charge in [-0.15, -0.1) is 0 Å². The molecule has 0 unspecified atom stereocenters. The average Bonchev–Trinajstić information content (AvgIpc) is 2.17. The topological polar surface area (TPSA) is 22.1 Å². The number of nitrogens with zero attached hydrogens (tertiary/aromatic N) is 1. The highest BCUT2D eigenvalue weighted by molar-refractivity contribution is 6.35. The molecule has 1 heterocycles. The zero-order chi connectivity index (χ0) is 11.0. The zero-order valence-corrected chi connectivity index (χ0v) is 9.10. The maximum atomic E-state index is 13.5. The van der Waals surface area contributed by atoms with Crippen molar-refractivity contribution >= 4 is 22.5 Å². The van der Waals surface area contributed by atoms with Crippen LogP contribution in [0.1, 0.15) is 5.69 Å². The smallest absolute Gasteiger partial charge is 0.145 e. The molecule has 1 aromatic heterocycles. The second kappa shape index (κ2) is 3.66. The second-order valence-electron chi connectivity index (χ2n) is 3.22. The number of rotatable bonds is 1. The molecule has 0 spiro atoms. The summed E-state index contributed by atoms with van der Waals surface area (Å²) in [6, 6.07) is 4.50. The van der Waals surface area contributed by atoms with E-state index in [0.29, 0.717) is 21.7 Å². The van der Waals surface area contributed by atoms with Crippen LogP contribution >= 0.6 is 11.6 Å². The van der Waals surface area contributed by atoms with E-state index in [1.54, 1.807) is 19.1 Å². The zero-order valence-electron chi connectivity index (χ0n) is 8.34. The van der Waals surface area contributed by atoms with E-state index in [-0.39, 0.29) is 5.82 Å². The molecular weight excluding hydrogens is 217 g/mol. The molecule has 0 saturated carbocycles. The summed E-state index contributed by atoms with van der Waals surface area (Å²) in [5, 5.41) is 0.663. The Hall–Kier alpha value is -1.35. The van der Waals surface area contributed by atoms with E-state index < -0.39 is 0 Å². The first-order valence-corrected chi connectivity index (χ1v) is 4.80. The van der Waals surface area contributed by atoms with E-state index in [4.69, 9.17) is 16.3 Å². The number of hydrogen-bond donors (Lipinski definition) is 0. The Labute approximate surface area is 91.6 Å². The van der Waals surface area contributed by atoms with Gasteiger partial charge in [-0.1, -0.05) is 11.6 Å². The molecular formula is C11H9ClFNO. The first-order valence-electron chi connectivity index (χ1n) is 4.43. The number of aromatic nitrogens is 1. The molecule has 0 bridgehead atoms. The van der Waals surface area contributed by atoms with Gasteiger partial charge in [0.05, 0.1) is 17.5 Å². The molecule has 0 N–H and O–H groups in total. The highest BCUT2D eigenvalue weighted by atomic mass is 35.5. The average molecular weight is 226 g/mol. The lowest BCUT2D eigenvalue weighted by atomic mass is 10.2. The molecule has 2 nitrogen and oxygen atoms in total. The quantitative estimate of drug-likeness (QED) is 0.743. The van der Waals surface area contributed by atoms with Crippen molar-refractivity contribution in [2.24, 2.45) is 0 Å². The SMILES string of the molecule is COc1ccc(F)c2c(Cl)cc(C)nc12. The maximum absolute atomic E-state index is 13.5. The fourth-order valence-electron chi connectivity index (χ4n) is 1.51. The van der Waals surface area contributed by atoms with Gasteiger partial charge in [-0.05, 0) is 25.1 Å². The third kappa shape index (κ3) is 1.63. The summed E-state index contributed by atoms with van der Waals surface area (Å²) in [7, 11) is 1.52. The molecule has 0 fully saturated rings. The predicted molar refractivity (Wildman–Crippen MR) is 58.0 cm³/mol. The number of fused-ring (bicyclic) bond motifs is 1. The number of benzene rings is 1. The van der Waals surface area contributed by atoms with Crippen molar-refractivity contribution in [3.63, 3.8) is 0 Å². The normalized spacial score (nSPS) is 10.7. The molecule has 0 saturated heterocycles. The van der Waals surface area contributed by atoms with E-state index in [0.717, 1.165) is 5.69 Å². The van der Waals surface area contributed by atoms with Crippen LogP contribution in [0.2, 0.25) is 5.02 Å². The molecule has 2 aromatic rings. The van der Waals surface area contributed by atoms with Crippen LogP contribution in [0.3, 0.4) is 0 Å². The van der Waals surface area contributed by atoms with Crippen molar-refractivity contribution in [3.05, 3.63) is 34.7 Å². The number of ether oxygens (including phenoxy) is 1. The van der Waals surface area contributed by atoms with Crippen LogP contribution in [0.15, 0.2) is 18.2 Å². The van der Waals surface area contributed by atoms with Gasteiger partial charge in [0, 0.05) is 5.69 Å². The van der Waals surface area contributed by atoms with E-state index in [1.165, 1.54) is 13.2 Å². The summed E-state index contributed by atoms with van der Waals surface area (Å²) >= 11 is 5.96. The summed E-state index contributed by atoms with van der Waals surface area (Å²) in [4.78, 5) is 4.22. The Morgan fingerprint density at radius 2 is 2.13 bits per heavy atom. The lowest BCUT2D eigenvalue weighted by Gasteiger charge is -2.07. The van der Waals surface area contributed by atoms with E-state index in [2.05, 4.69) is 4.98 Å². The fourth-order valence-corrected chi connectivity index (χ4v) is 1.85. The first-order chi connectivity index (χ1) is 7.13. The van der Waals surface area contributed by atoms with Gasteiger partial charge in [-0.3, -0.25) is 0 Å². The highest BCUT2D eigenvalue weighted by Crippen LogP contribution is 2.31. The Balaban J connectivity index is 2.93. The van der Waals surface area contributed by atoms with Gasteiger partial charge in [0.1, 0.15) is 17.1 Å². The van der Waals surface area contributed by atoms with Gasteiger partial charge in [-0.2, -0.15) is 0 Å². The van der Waals surface area contributed by atoms with Gasteiger partial charge in [0.15, 0.2) is 0 Å². The van der Waals surface area contributed by atoms with Crippen LogP contribution < -0.4 is 4.74 Å². The third-order valence-electron chi connectivity index (χ3n) is 2.17. The fraction of sp³-hybridized carbons (Fsp3) is 0.182. The van der Waals surface area contributed by atoms with Crippen molar-refractivity contribution in [2.45, 2.75) is 6.92 Å². The van der Waals surface area contributed by atoms with Gasteiger partial charge in [0.2, 0.25) is 0 Å². The van der Waals surface area contributed by atoms with Gasteiger partial charge in [-0.25, -0.2) is 9.37 Å². The number of pyridine rings is 1. The van der Waals surface area contributed by atoms with Crippen molar-refractivity contribution in [1.29, 1.82) is 0 Å². The van der Waals surface area contributed by atoms with Crippen molar-refractivity contribution in [1.82, 2.24) is 4.98 Å². The van der Waals surface area contributed by atoms with Crippen LogP contribution in [-0.4, -0.2) is 12.1 Å².